The number of nitrogens with one attached hydrogen (secondary N) is 4. The Bertz CT molecular complexity index is 1850. The highest BCUT2D eigenvalue weighted by molar-refractivity contribution is 7.88. The summed E-state index contributed by atoms with van der Waals surface area (Å²) in [7, 11) is -3.85. The average molecular weight is 654 g/mol. The smallest absolute Gasteiger partial charge is 0.413 e. The van der Waals surface area contributed by atoms with Crippen LogP contribution in [0, 0.1) is 5.41 Å². The minimum atomic E-state index is -3.85. The van der Waals surface area contributed by atoms with Crippen molar-refractivity contribution in [2.24, 2.45) is 0 Å². The van der Waals surface area contributed by atoms with Crippen LogP contribution in [0.3, 0.4) is 0 Å². The molecule has 0 saturated carbocycles. The molecule has 0 aliphatic carbocycles. The number of sulfonamides is 1. The molecule has 1 atom stereocenters. The Morgan fingerprint density at radius 1 is 0.851 bits per heavy atom. The van der Waals surface area contributed by atoms with E-state index in [1.165, 1.54) is 4.90 Å². The summed E-state index contributed by atoms with van der Waals surface area (Å²) in [5.41, 5.74) is 3.87. The van der Waals surface area contributed by atoms with Crippen LogP contribution in [-0.4, -0.2) is 44.7 Å². The number of anilines is 1. The lowest BCUT2D eigenvalue weighted by Crippen LogP contribution is -2.50. The van der Waals surface area contributed by atoms with E-state index < -0.39 is 34.0 Å². The van der Waals surface area contributed by atoms with Crippen LogP contribution in [0.1, 0.15) is 34.2 Å². The summed E-state index contributed by atoms with van der Waals surface area (Å²) in [6.07, 6.45) is -0.0692. The third-order valence-electron chi connectivity index (χ3n) is 7.52. The van der Waals surface area contributed by atoms with Crippen molar-refractivity contribution >= 4 is 39.5 Å². The number of nitrogens with zero attached hydrogens (tertiary/aromatic N) is 1. The molecule has 5 rings (SSSR count). The van der Waals surface area contributed by atoms with Crippen LogP contribution in [0.5, 0.6) is 0 Å². The number of hydrogen-bond donors (Lipinski definition) is 4. The number of ether oxygens (including phenoxy) is 1. The quantitative estimate of drug-likeness (QED) is 0.141. The zero-order chi connectivity index (χ0) is 33.2. The Balaban J connectivity index is 1.20. The van der Waals surface area contributed by atoms with Crippen molar-refractivity contribution in [3.05, 3.63) is 137 Å². The van der Waals surface area contributed by atoms with E-state index >= 15 is 0 Å². The van der Waals surface area contributed by atoms with Gasteiger partial charge in [0.1, 0.15) is 25.0 Å². The van der Waals surface area contributed by atoms with E-state index in [0.717, 1.165) is 11.1 Å². The summed E-state index contributed by atoms with van der Waals surface area (Å²) in [5.74, 6) is -1.40. The first kappa shape index (κ1) is 33.0. The number of para-hydroxylation sites is 1. The van der Waals surface area contributed by atoms with Gasteiger partial charge in [0.25, 0.3) is 0 Å². The van der Waals surface area contributed by atoms with E-state index in [-0.39, 0.29) is 37.7 Å². The van der Waals surface area contributed by atoms with Gasteiger partial charge in [-0.3, -0.25) is 20.3 Å². The van der Waals surface area contributed by atoms with Crippen LogP contribution in [-0.2, 0) is 49.7 Å². The molecule has 0 aromatic heterocycles. The van der Waals surface area contributed by atoms with Gasteiger partial charge in [-0.1, -0.05) is 97.1 Å². The number of hydrogen-bond acceptors (Lipinski definition) is 7. The summed E-state index contributed by atoms with van der Waals surface area (Å²) in [5, 5.41) is 13.5. The molecule has 1 aliphatic rings. The Kier molecular flexibility index (Phi) is 10.8. The second-order valence-corrected chi connectivity index (χ2v) is 12.8. The fourth-order valence-electron chi connectivity index (χ4n) is 5.21. The van der Waals surface area contributed by atoms with Crippen LogP contribution in [0.4, 0.5) is 10.5 Å². The molecule has 4 aromatic rings. The molecule has 47 heavy (non-hydrogen) atoms. The first-order valence-corrected chi connectivity index (χ1v) is 16.7. The molecular weight excluding hydrogens is 618 g/mol. The SMILES string of the molecule is N=C(NC(=O)OCc1ccccc1)c1cccc(CNC(=O)CN2C(=O)C(NS(=O)(=O)Cc3ccccc3)CCc3ccccc32)c1. The highest BCUT2D eigenvalue weighted by atomic mass is 32.2. The molecule has 3 amide bonds. The number of alkyl carbamates (subject to hydrolysis) is 1. The van der Waals surface area contributed by atoms with E-state index in [2.05, 4.69) is 15.4 Å². The largest absolute Gasteiger partial charge is 0.444 e. The van der Waals surface area contributed by atoms with Crippen molar-refractivity contribution in [1.82, 2.24) is 15.4 Å². The molecule has 1 heterocycles. The summed E-state index contributed by atoms with van der Waals surface area (Å²) >= 11 is 0. The van der Waals surface area contributed by atoms with Gasteiger partial charge in [0.2, 0.25) is 21.8 Å². The van der Waals surface area contributed by atoms with Crippen LogP contribution >= 0.6 is 0 Å². The molecule has 1 aliphatic heterocycles. The van der Waals surface area contributed by atoms with Gasteiger partial charge < -0.3 is 15.0 Å². The second-order valence-electron chi connectivity index (χ2n) is 11.0. The molecule has 0 bridgehead atoms. The zero-order valence-electron chi connectivity index (χ0n) is 25.5. The summed E-state index contributed by atoms with van der Waals surface area (Å²) < 4.78 is 33.8. The van der Waals surface area contributed by atoms with Gasteiger partial charge in [-0.25, -0.2) is 17.9 Å². The normalized spacial score (nSPS) is 14.4. The fraction of sp³-hybridized carbons (Fsp3) is 0.200. The molecule has 0 saturated heterocycles. The van der Waals surface area contributed by atoms with Crippen molar-refractivity contribution < 1.29 is 27.5 Å². The van der Waals surface area contributed by atoms with Gasteiger partial charge in [-0.2, -0.15) is 0 Å². The van der Waals surface area contributed by atoms with Gasteiger partial charge in [-0.15, -0.1) is 0 Å². The maximum absolute atomic E-state index is 13.7. The highest BCUT2D eigenvalue weighted by Crippen LogP contribution is 2.27. The van der Waals surface area contributed by atoms with E-state index in [1.807, 2.05) is 42.5 Å². The number of benzene rings is 4. The van der Waals surface area contributed by atoms with Crippen molar-refractivity contribution in [2.45, 2.75) is 37.8 Å². The second kappa shape index (κ2) is 15.3. The minimum Gasteiger partial charge on any atom is -0.444 e. The van der Waals surface area contributed by atoms with Gasteiger partial charge >= 0.3 is 6.09 Å². The van der Waals surface area contributed by atoms with Crippen molar-refractivity contribution in [3.8, 4) is 0 Å². The third-order valence-corrected chi connectivity index (χ3v) is 8.87. The van der Waals surface area contributed by atoms with E-state index in [9.17, 15) is 22.8 Å². The minimum absolute atomic E-state index is 0.0658. The topological polar surface area (TPSA) is 158 Å². The lowest BCUT2D eigenvalue weighted by molar-refractivity contribution is -0.124. The summed E-state index contributed by atoms with van der Waals surface area (Å²) in [6.45, 7) is -0.164. The number of aryl methyl sites for hydroxylation is 1. The maximum Gasteiger partial charge on any atom is 0.413 e. The fourth-order valence-corrected chi connectivity index (χ4v) is 6.58. The number of carbonyl (C=O) groups is 3. The van der Waals surface area contributed by atoms with E-state index in [1.54, 1.807) is 66.7 Å². The van der Waals surface area contributed by atoms with Gasteiger partial charge in [-0.05, 0) is 47.2 Å². The number of amides is 3. The molecule has 242 valence electrons. The first-order valence-electron chi connectivity index (χ1n) is 15.0. The molecule has 12 heteroatoms. The average Bonchev–Trinajstić information content (AvgIpc) is 3.19. The zero-order valence-corrected chi connectivity index (χ0v) is 26.3. The lowest BCUT2D eigenvalue weighted by Gasteiger charge is -2.26. The Morgan fingerprint density at radius 2 is 1.51 bits per heavy atom. The summed E-state index contributed by atoms with van der Waals surface area (Å²) in [4.78, 5) is 40.4. The molecular formula is C35H35N5O6S. The van der Waals surface area contributed by atoms with Crippen molar-refractivity contribution in [3.63, 3.8) is 0 Å². The molecule has 0 spiro atoms. The van der Waals surface area contributed by atoms with Gasteiger partial charge in [0.15, 0.2) is 0 Å². The van der Waals surface area contributed by atoms with E-state index in [0.29, 0.717) is 28.8 Å². The predicted octanol–water partition coefficient (Wildman–Crippen LogP) is 4.02. The van der Waals surface area contributed by atoms with Crippen LogP contribution in [0.15, 0.2) is 109 Å². The van der Waals surface area contributed by atoms with Crippen molar-refractivity contribution in [2.75, 3.05) is 11.4 Å². The van der Waals surface area contributed by atoms with E-state index in [4.69, 9.17) is 10.1 Å². The molecule has 4 N–H and O–H groups in total. The molecule has 1 unspecified atom stereocenters. The molecule has 11 nitrogen and oxygen atoms in total. The van der Waals surface area contributed by atoms with Crippen LogP contribution in [0.25, 0.3) is 0 Å². The first-order chi connectivity index (χ1) is 22.7. The number of rotatable bonds is 11. The molecule has 4 aromatic carbocycles. The molecule has 0 fully saturated rings. The maximum atomic E-state index is 13.7. The number of carbonyl (C=O) groups excluding carboxylic acids is 3. The third kappa shape index (κ3) is 9.35. The Labute approximate surface area is 273 Å². The number of amidine groups is 1. The highest BCUT2D eigenvalue weighted by Gasteiger charge is 2.34. The Morgan fingerprint density at radius 3 is 2.26 bits per heavy atom. The lowest BCUT2D eigenvalue weighted by atomic mass is 10.1. The number of fused-ring (bicyclic) bond motifs is 1. The van der Waals surface area contributed by atoms with Crippen molar-refractivity contribution in [1.29, 1.82) is 5.41 Å². The van der Waals surface area contributed by atoms with Crippen LogP contribution in [0.2, 0.25) is 0 Å². The van der Waals surface area contributed by atoms with Gasteiger partial charge in [0.05, 0.1) is 5.75 Å². The van der Waals surface area contributed by atoms with Gasteiger partial charge in [0, 0.05) is 17.8 Å². The Hall–Kier alpha value is -5.33. The van der Waals surface area contributed by atoms with Crippen LogP contribution < -0.4 is 20.3 Å². The monoisotopic (exact) mass is 653 g/mol. The summed E-state index contributed by atoms with van der Waals surface area (Å²) in [6, 6.07) is 30.8. The predicted molar refractivity (Wildman–Crippen MR) is 178 cm³/mol. The standard InChI is InChI=1S/C35H35N5O6S/c36-33(38-35(43)46-23-25-10-3-1-4-11-25)29-16-9-14-27(20-29)21-37-32(41)22-40-31-17-8-7-15-28(31)18-19-30(34(40)42)39-47(44,45)24-26-12-5-2-6-13-26/h1-17,20,30,39H,18-19,21-24H2,(H,37,41)(H2,36,38,43). The molecule has 0 radical (unpaired) electrons.